The molecule has 1 fully saturated rings. The van der Waals surface area contributed by atoms with Crippen LogP contribution in [0.5, 0.6) is 0 Å². The quantitative estimate of drug-likeness (QED) is 0.673. The van der Waals surface area contributed by atoms with Crippen molar-refractivity contribution >= 4 is 18.0 Å². The molecule has 0 spiro atoms. The zero-order chi connectivity index (χ0) is 14.3. The molecule has 108 valence electrons. The fourth-order valence-corrected chi connectivity index (χ4v) is 2.16. The van der Waals surface area contributed by atoms with Crippen molar-refractivity contribution in [1.82, 2.24) is 10.6 Å². The third-order valence-corrected chi connectivity index (χ3v) is 3.09. The lowest BCUT2D eigenvalue weighted by Crippen LogP contribution is -2.43. The van der Waals surface area contributed by atoms with Crippen LogP contribution >= 0.6 is 0 Å². The maximum atomic E-state index is 11.4. The first kappa shape index (κ1) is 15.4. The van der Waals surface area contributed by atoms with Crippen molar-refractivity contribution in [2.24, 2.45) is 5.92 Å². The van der Waals surface area contributed by atoms with E-state index >= 15 is 0 Å². The van der Waals surface area contributed by atoms with Crippen LogP contribution in [0.4, 0.5) is 4.79 Å². The minimum Gasteiger partial charge on any atom is -0.481 e. The Bertz CT molecular complexity index is 345. The van der Waals surface area contributed by atoms with Gasteiger partial charge in [0.05, 0.1) is 19.1 Å². The highest BCUT2D eigenvalue weighted by Gasteiger charge is 2.26. The molecule has 1 saturated carbocycles. The van der Waals surface area contributed by atoms with E-state index in [0.717, 1.165) is 12.8 Å². The van der Waals surface area contributed by atoms with E-state index in [-0.39, 0.29) is 25.1 Å². The second-order valence-electron chi connectivity index (χ2n) is 4.55. The van der Waals surface area contributed by atoms with Gasteiger partial charge in [0.15, 0.2) is 0 Å². The lowest BCUT2D eigenvalue weighted by Gasteiger charge is -2.27. The van der Waals surface area contributed by atoms with E-state index in [1.165, 1.54) is 0 Å². The highest BCUT2D eigenvalue weighted by Crippen LogP contribution is 2.24. The van der Waals surface area contributed by atoms with Crippen molar-refractivity contribution in [2.75, 3.05) is 13.2 Å². The SMILES string of the molecule is CCOC(=O)NC(=O)CNC1CCCC(C(=O)O)C1. The number of carbonyl (C=O) groups is 3. The first-order chi connectivity index (χ1) is 9.02. The first-order valence-electron chi connectivity index (χ1n) is 6.45. The van der Waals surface area contributed by atoms with Crippen LogP contribution in [0.25, 0.3) is 0 Å². The number of ether oxygens (including phenoxy) is 1. The lowest BCUT2D eigenvalue weighted by molar-refractivity contribution is -0.143. The Balaban J connectivity index is 2.26. The van der Waals surface area contributed by atoms with Gasteiger partial charge in [-0.3, -0.25) is 14.9 Å². The first-order valence-corrected chi connectivity index (χ1v) is 6.45. The minimum atomic E-state index is -0.789. The maximum absolute atomic E-state index is 11.4. The second-order valence-corrected chi connectivity index (χ2v) is 4.55. The van der Waals surface area contributed by atoms with Crippen molar-refractivity contribution in [1.29, 1.82) is 0 Å². The van der Waals surface area contributed by atoms with Gasteiger partial charge in [-0.1, -0.05) is 6.42 Å². The molecule has 1 rings (SSSR count). The summed E-state index contributed by atoms with van der Waals surface area (Å²) in [5, 5.41) is 14.0. The molecule has 2 unspecified atom stereocenters. The van der Waals surface area contributed by atoms with E-state index < -0.39 is 18.0 Å². The van der Waals surface area contributed by atoms with Gasteiger partial charge in [-0.25, -0.2) is 4.79 Å². The van der Waals surface area contributed by atoms with Crippen LogP contribution in [0, 0.1) is 5.92 Å². The average Bonchev–Trinajstić information content (AvgIpc) is 2.37. The van der Waals surface area contributed by atoms with Gasteiger partial charge in [-0.05, 0) is 26.2 Å². The molecule has 1 aliphatic carbocycles. The standard InChI is InChI=1S/C12H20N2O5/c1-2-19-12(18)14-10(15)7-13-9-5-3-4-8(6-9)11(16)17/h8-9,13H,2-7H2,1H3,(H,16,17)(H,14,15,18). The van der Waals surface area contributed by atoms with Crippen molar-refractivity contribution in [3.05, 3.63) is 0 Å². The third-order valence-electron chi connectivity index (χ3n) is 3.09. The molecule has 0 radical (unpaired) electrons. The predicted molar refractivity (Wildman–Crippen MR) is 66.5 cm³/mol. The minimum absolute atomic E-state index is 0.00259. The lowest BCUT2D eigenvalue weighted by atomic mass is 9.86. The zero-order valence-electron chi connectivity index (χ0n) is 11.0. The van der Waals surface area contributed by atoms with Crippen LogP contribution in [-0.4, -0.2) is 42.3 Å². The molecule has 0 aromatic heterocycles. The Morgan fingerprint density at radius 3 is 2.68 bits per heavy atom. The number of carboxylic acid groups (broad SMARTS) is 1. The fraction of sp³-hybridized carbons (Fsp3) is 0.750. The summed E-state index contributed by atoms with van der Waals surface area (Å²) in [7, 11) is 0. The monoisotopic (exact) mass is 272 g/mol. The van der Waals surface area contributed by atoms with Gasteiger partial charge in [-0.2, -0.15) is 0 Å². The maximum Gasteiger partial charge on any atom is 0.413 e. The van der Waals surface area contributed by atoms with Crippen molar-refractivity contribution in [2.45, 2.75) is 38.6 Å². The molecule has 19 heavy (non-hydrogen) atoms. The van der Waals surface area contributed by atoms with Crippen LogP contribution in [0.3, 0.4) is 0 Å². The molecule has 0 heterocycles. The Morgan fingerprint density at radius 2 is 2.05 bits per heavy atom. The van der Waals surface area contributed by atoms with Gasteiger partial charge in [0, 0.05) is 6.04 Å². The van der Waals surface area contributed by atoms with Gasteiger partial charge >= 0.3 is 12.1 Å². The topological polar surface area (TPSA) is 105 Å². The number of hydrogen-bond donors (Lipinski definition) is 3. The van der Waals surface area contributed by atoms with Crippen LogP contribution < -0.4 is 10.6 Å². The number of hydrogen-bond acceptors (Lipinski definition) is 5. The normalized spacial score (nSPS) is 22.6. The van der Waals surface area contributed by atoms with Crippen LogP contribution in [0.2, 0.25) is 0 Å². The summed E-state index contributed by atoms with van der Waals surface area (Å²) in [5.41, 5.74) is 0. The summed E-state index contributed by atoms with van der Waals surface area (Å²) in [6.45, 7) is 1.83. The zero-order valence-corrected chi connectivity index (χ0v) is 11.0. The summed E-state index contributed by atoms with van der Waals surface area (Å²) < 4.78 is 4.58. The smallest absolute Gasteiger partial charge is 0.413 e. The molecular formula is C12H20N2O5. The van der Waals surface area contributed by atoms with Gasteiger partial charge in [-0.15, -0.1) is 0 Å². The van der Waals surface area contributed by atoms with Crippen molar-refractivity contribution in [3.8, 4) is 0 Å². The number of carboxylic acids is 1. The number of alkyl carbamates (subject to hydrolysis) is 1. The Hall–Kier alpha value is -1.63. The van der Waals surface area contributed by atoms with Crippen molar-refractivity contribution in [3.63, 3.8) is 0 Å². The summed E-state index contributed by atoms with van der Waals surface area (Å²) in [5.74, 6) is -1.61. The number of rotatable bonds is 5. The predicted octanol–water partition coefficient (Wildman–Crippen LogP) is 0.492. The Morgan fingerprint density at radius 1 is 1.32 bits per heavy atom. The summed E-state index contributed by atoms with van der Waals surface area (Å²) in [6.07, 6.45) is 2.11. The molecule has 2 atom stereocenters. The number of amides is 2. The van der Waals surface area contributed by atoms with Gasteiger partial charge in [0.1, 0.15) is 0 Å². The van der Waals surface area contributed by atoms with E-state index in [1.54, 1.807) is 6.92 Å². The summed E-state index contributed by atoms with van der Waals surface area (Å²) >= 11 is 0. The average molecular weight is 272 g/mol. The van der Waals surface area contributed by atoms with Crippen molar-refractivity contribution < 1.29 is 24.2 Å². The fourth-order valence-electron chi connectivity index (χ4n) is 2.16. The molecule has 7 heteroatoms. The Labute approximate surface area is 111 Å². The molecule has 1 aliphatic rings. The third kappa shape index (κ3) is 5.69. The number of imide groups is 1. The molecule has 0 aromatic rings. The largest absolute Gasteiger partial charge is 0.481 e. The van der Waals surface area contributed by atoms with Crippen LogP contribution in [0.1, 0.15) is 32.6 Å². The number of aliphatic carboxylic acids is 1. The number of carbonyl (C=O) groups excluding carboxylic acids is 2. The molecular weight excluding hydrogens is 252 g/mol. The highest BCUT2D eigenvalue weighted by molar-refractivity contribution is 5.92. The van der Waals surface area contributed by atoms with E-state index in [1.807, 2.05) is 0 Å². The molecule has 0 saturated heterocycles. The summed E-state index contributed by atoms with van der Waals surface area (Å²) in [6, 6.07) is 0.00259. The van der Waals surface area contributed by atoms with Crippen LogP contribution in [-0.2, 0) is 14.3 Å². The molecule has 0 aromatic carbocycles. The molecule has 2 amide bonds. The number of nitrogens with one attached hydrogen (secondary N) is 2. The van der Waals surface area contributed by atoms with E-state index in [9.17, 15) is 14.4 Å². The highest BCUT2D eigenvalue weighted by atomic mass is 16.5. The molecule has 7 nitrogen and oxygen atoms in total. The van der Waals surface area contributed by atoms with Crippen LogP contribution in [0.15, 0.2) is 0 Å². The molecule has 0 bridgehead atoms. The van der Waals surface area contributed by atoms with Gasteiger partial charge in [0.25, 0.3) is 0 Å². The molecule has 3 N–H and O–H groups in total. The summed E-state index contributed by atoms with van der Waals surface area (Å²) in [4.78, 5) is 33.3. The van der Waals surface area contributed by atoms with E-state index in [4.69, 9.17) is 5.11 Å². The Kier molecular flexibility index (Phi) is 6.27. The van der Waals surface area contributed by atoms with Gasteiger partial charge < -0.3 is 15.2 Å². The van der Waals surface area contributed by atoms with E-state index in [0.29, 0.717) is 12.8 Å². The van der Waals surface area contributed by atoms with Gasteiger partial charge in [0.2, 0.25) is 5.91 Å². The van der Waals surface area contributed by atoms with E-state index in [2.05, 4.69) is 15.4 Å². The second kappa shape index (κ2) is 7.73. The molecule has 0 aliphatic heterocycles.